The molecule has 66 valence electrons. The summed E-state index contributed by atoms with van der Waals surface area (Å²) in [6, 6.07) is 6.09. The van der Waals surface area contributed by atoms with Crippen molar-refractivity contribution in [2.75, 3.05) is 0 Å². The molecule has 0 N–H and O–H groups in total. The van der Waals surface area contributed by atoms with Gasteiger partial charge in [0.05, 0.1) is 5.52 Å². The highest BCUT2D eigenvalue weighted by Gasteiger charge is 2.00. The lowest BCUT2D eigenvalue weighted by molar-refractivity contribution is 1.32. The number of fused-ring (bicyclic) bond motifs is 1. The van der Waals surface area contributed by atoms with Crippen LogP contribution in [0.15, 0.2) is 33.8 Å². The van der Waals surface area contributed by atoms with Crippen molar-refractivity contribution in [2.24, 2.45) is 0 Å². The number of thiol groups is 1. The van der Waals surface area contributed by atoms with E-state index < -0.39 is 0 Å². The van der Waals surface area contributed by atoms with Crippen molar-refractivity contribution in [3.05, 3.63) is 34.4 Å². The normalized spacial score (nSPS) is 10.7. The Morgan fingerprint density at radius 1 is 1.31 bits per heavy atom. The molecule has 0 atom stereocenters. The Bertz CT molecular complexity index is 462. The maximum Gasteiger partial charge on any atom is 0.0732 e. The van der Waals surface area contributed by atoms with E-state index in [4.69, 9.17) is 0 Å². The van der Waals surface area contributed by atoms with Gasteiger partial charge in [0.1, 0.15) is 0 Å². The average molecular weight is 254 g/mol. The van der Waals surface area contributed by atoms with Gasteiger partial charge < -0.3 is 0 Å². The van der Waals surface area contributed by atoms with E-state index >= 15 is 0 Å². The second-order valence-corrected chi connectivity index (χ2v) is 4.42. The molecule has 0 saturated heterocycles. The fourth-order valence-electron chi connectivity index (χ4n) is 1.39. The van der Waals surface area contributed by atoms with Crippen LogP contribution in [0.4, 0.5) is 0 Å². The lowest BCUT2D eigenvalue weighted by Crippen LogP contribution is -1.83. The van der Waals surface area contributed by atoms with Crippen LogP contribution in [0.5, 0.6) is 0 Å². The number of halogens is 1. The number of hydrogen-bond donors (Lipinski definition) is 1. The van der Waals surface area contributed by atoms with E-state index in [-0.39, 0.29) is 0 Å². The summed E-state index contributed by atoms with van der Waals surface area (Å²) in [6.45, 7) is 2.04. The van der Waals surface area contributed by atoms with Crippen molar-refractivity contribution in [1.29, 1.82) is 0 Å². The quantitative estimate of drug-likeness (QED) is 0.709. The van der Waals surface area contributed by atoms with E-state index in [0.717, 1.165) is 25.8 Å². The van der Waals surface area contributed by atoms with Crippen LogP contribution in [0.2, 0.25) is 0 Å². The van der Waals surface area contributed by atoms with E-state index in [1.54, 1.807) is 0 Å². The first-order chi connectivity index (χ1) is 6.16. The summed E-state index contributed by atoms with van der Waals surface area (Å²) in [4.78, 5) is 5.32. The van der Waals surface area contributed by atoms with E-state index in [1.807, 2.05) is 25.3 Å². The monoisotopic (exact) mass is 253 g/mol. The lowest BCUT2D eigenvalue weighted by Gasteiger charge is -2.02. The van der Waals surface area contributed by atoms with Gasteiger partial charge in [0.2, 0.25) is 0 Å². The van der Waals surface area contributed by atoms with Crippen LogP contribution in [0.1, 0.15) is 5.56 Å². The van der Waals surface area contributed by atoms with Gasteiger partial charge in [0.25, 0.3) is 0 Å². The summed E-state index contributed by atoms with van der Waals surface area (Å²) in [5, 5.41) is 1.12. The molecule has 13 heavy (non-hydrogen) atoms. The van der Waals surface area contributed by atoms with Crippen LogP contribution >= 0.6 is 28.6 Å². The predicted molar refractivity (Wildman–Crippen MR) is 61.4 cm³/mol. The summed E-state index contributed by atoms with van der Waals surface area (Å²) in [6.07, 6.45) is 1.81. The molecule has 0 bridgehead atoms. The summed E-state index contributed by atoms with van der Waals surface area (Å²) in [5.41, 5.74) is 2.20. The number of aromatic nitrogens is 1. The topological polar surface area (TPSA) is 12.9 Å². The molecule has 1 heterocycles. The summed E-state index contributed by atoms with van der Waals surface area (Å²) >= 11 is 7.72. The molecule has 0 unspecified atom stereocenters. The first-order valence-corrected chi connectivity index (χ1v) is 5.16. The SMILES string of the molecule is Cc1cc(S)cc2cc(Br)cnc12. The number of rotatable bonds is 0. The van der Waals surface area contributed by atoms with Gasteiger partial charge in [-0.3, -0.25) is 4.98 Å². The minimum atomic E-state index is 0.977. The Morgan fingerprint density at radius 3 is 2.85 bits per heavy atom. The van der Waals surface area contributed by atoms with E-state index in [1.165, 1.54) is 0 Å². The largest absolute Gasteiger partial charge is 0.255 e. The number of aryl methyl sites for hydroxylation is 1. The minimum Gasteiger partial charge on any atom is -0.255 e. The molecular weight excluding hydrogens is 246 g/mol. The molecule has 1 aromatic carbocycles. The van der Waals surface area contributed by atoms with Crippen LogP contribution < -0.4 is 0 Å². The van der Waals surface area contributed by atoms with Crippen LogP contribution in [-0.2, 0) is 0 Å². The third kappa shape index (κ3) is 1.71. The molecule has 0 aliphatic heterocycles. The smallest absolute Gasteiger partial charge is 0.0732 e. The fraction of sp³-hybridized carbons (Fsp3) is 0.100. The van der Waals surface area contributed by atoms with Crippen molar-refractivity contribution >= 4 is 39.5 Å². The Labute approximate surface area is 90.7 Å². The van der Waals surface area contributed by atoms with Gasteiger partial charge in [0.15, 0.2) is 0 Å². The van der Waals surface area contributed by atoms with Crippen molar-refractivity contribution in [3.63, 3.8) is 0 Å². The highest BCUT2D eigenvalue weighted by molar-refractivity contribution is 9.10. The van der Waals surface area contributed by atoms with Crippen molar-refractivity contribution < 1.29 is 0 Å². The second-order valence-electron chi connectivity index (χ2n) is 2.99. The van der Waals surface area contributed by atoms with Gasteiger partial charge >= 0.3 is 0 Å². The molecule has 0 fully saturated rings. The fourth-order valence-corrected chi connectivity index (χ4v) is 2.07. The number of nitrogens with zero attached hydrogens (tertiary/aromatic N) is 1. The Kier molecular flexibility index (Phi) is 2.30. The predicted octanol–water partition coefficient (Wildman–Crippen LogP) is 3.59. The molecular formula is C10H8BrNS. The molecule has 0 radical (unpaired) electrons. The van der Waals surface area contributed by atoms with Gasteiger partial charge in [-0.2, -0.15) is 0 Å². The van der Waals surface area contributed by atoms with Crippen molar-refractivity contribution in [3.8, 4) is 0 Å². The second kappa shape index (κ2) is 3.31. The number of benzene rings is 1. The zero-order valence-electron chi connectivity index (χ0n) is 7.08. The first kappa shape index (κ1) is 9.03. The average Bonchev–Trinajstić information content (AvgIpc) is 2.02. The third-order valence-electron chi connectivity index (χ3n) is 1.93. The maximum absolute atomic E-state index is 4.34. The van der Waals surface area contributed by atoms with Gasteiger partial charge in [0, 0.05) is 21.0 Å². The molecule has 0 spiro atoms. The highest BCUT2D eigenvalue weighted by Crippen LogP contribution is 2.23. The van der Waals surface area contributed by atoms with Crippen LogP contribution in [0.3, 0.4) is 0 Å². The third-order valence-corrected chi connectivity index (χ3v) is 2.62. The van der Waals surface area contributed by atoms with Gasteiger partial charge in [-0.15, -0.1) is 12.6 Å². The zero-order chi connectivity index (χ0) is 9.42. The Morgan fingerprint density at radius 2 is 2.08 bits per heavy atom. The minimum absolute atomic E-state index is 0.977. The van der Waals surface area contributed by atoms with Gasteiger partial charge in [-0.1, -0.05) is 0 Å². The molecule has 2 rings (SSSR count). The van der Waals surface area contributed by atoms with Crippen LogP contribution in [0, 0.1) is 6.92 Å². The highest BCUT2D eigenvalue weighted by atomic mass is 79.9. The lowest BCUT2D eigenvalue weighted by atomic mass is 10.1. The van der Waals surface area contributed by atoms with E-state index in [2.05, 4.69) is 39.6 Å². The molecule has 0 aliphatic rings. The summed E-state index contributed by atoms with van der Waals surface area (Å²) < 4.78 is 0.998. The molecule has 2 aromatic rings. The zero-order valence-corrected chi connectivity index (χ0v) is 9.56. The first-order valence-electron chi connectivity index (χ1n) is 3.92. The Hall–Kier alpha value is -0.540. The van der Waals surface area contributed by atoms with E-state index in [9.17, 15) is 0 Å². The van der Waals surface area contributed by atoms with Crippen molar-refractivity contribution in [1.82, 2.24) is 4.98 Å². The van der Waals surface area contributed by atoms with Crippen LogP contribution in [-0.4, -0.2) is 4.98 Å². The van der Waals surface area contributed by atoms with E-state index in [0.29, 0.717) is 0 Å². The molecule has 0 aliphatic carbocycles. The van der Waals surface area contributed by atoms with Gasteiger partial charge in [-0.25, -0.2) is 0 Å². The van der Waals surface area contributed by atoms with Crippen LogP contribution in [0.25, 0.3) is 10.9 Å². The standard InChI is InChI=1S/C10H8BrNS/c1-6-2-9(13)4-7-3-8(11)5-12-10(6)7/h2-5,13H,1H3. The molecule has 1 nitrogen and oxygen atoms in total. The number of pyridine rings is 1. The maximum atomic E-state index is 4.34. The van der Waals surface area contributed by atoms with Gasteiger partial charge in [-0.05, 0) is 46.6 Å². The number of hydrogen-bond acceptors (Lipinski definition) is 2. The summed E-state index contributed by atoms with van der Waals surface area (Å²) in [7, 11) is 0. The molecule has 0 saturated carbocycles. The molecule has 0 amide bonds. The molecule has 1 aromatic heterocycles. The summed E-state index contributed by atoms with van der Waals surface area (Å²) in [5.74, 6) is 0. The Balaban J connectivity index is 2.86. The molecule has 3 heteroatoms. The van der Waals surface area contributed by atoms with Crippen molar-refractivity contribution in [2.45, 2.75) is 11.8 Å².